The van der Waals surface area contributed by atoms with E-state index in [1.54, 1.807) is 0 Å². The average Bonchev–Trinajstić information content (AvgIpc) is 3.32. The van der Waals surface area contributed by atoms with Crippen LogP contribution >= 0.6 is 7.82 Å². The summed E-state index contributed by atoms with van der Waals surface area (Å²) in [5.41, 5.74) is 0. The van der Waals surface area contributed by atoms with Crippen LogP contribution in [0.4, 0.5) is 0 Å². The van der Waals surface area contributed by atoms with E-state index in [4.69, 9.17) is 18.5 Å². The Morgan fingerprint density at radius 1 is 0.443 bits per heavy atom. The van der Waals surface area contributed by atoms with E-state index in [2.05, 4.69) is 98.9 Å². The summed E-state index contributed by atoms with van der Waals surface area (Å²) in [5, 5.41) is 0. The number of quaternary nitrogens is 1. The van der Waals surface area contributed by atoms with Crippen molar-refractivity contribution in [1.82, 2.24) is 0 Å². The molecule has 0 fully saturated rings. The molecule has 0 aromatic carbocycles. The fourth-order valence-electron chi connectivity index (χ4n) is 7.60. The minimum atomic E-state index is -4.64. The SMILES string of the molecule is CC/C=C\C/C=C\C/C=C\C/C=C\CCCCCCCCCCCCCCCCCCCCC(=O)OC(COC(=O)CCCCCCC/C=C\C/C=C\C/C=C\CC)COP(=O)([O-])OCC[N+](C)(C)C. The third kappa shape index (κ3) is 54.5. The number of nitrogens with zero attached hydrogens (tertiary/aromatic N) is 1. The first-order valence-corrected chi connectivity index (χ1v) is 29.8. The molecule has 404 valence electrons. The van der Waals surface area contributed by atoms with Gasteiger partial charge in [0.1, 0.15) is 19.8 Å². The van der Waals surface area contributed by atoms with Crippen LogP contribution in [0.1, 0.15) is 232 Å². The molecule has 0 aromatic rings. The second-order valence-corrected chi connectivity index (χ2v) is 21.3. The highest BCUT2D eigenvalue weighted by molar-refractivity contribution is 7.45. The van der Waals surface area contributed by atoms with Crippen molar-refractivity contribution in [1.29, 1.82) is 0 Å². The number of hydrogen-bond donors (Lipinski definition) is 0. The van der Waals surface area contributed by atoms with Gasteiger partial charge in [-0.15, -0.1) is 0 Å². The number of phosphoric acid groups is 1. The molecule has 0 aromatic heterocycles. The van der Waals surface area contributed by atoms with Crippen LogP contribution in [0, 0.1) is 0 Å². The Hall–Kier alpha value is -2.81. The van der Waals surface area contributed by atoms with E-state index < -0.39 is 32.5 Å². The summed E-state index contributed by atoms with van der Waals surface area (Å²) < 4.78 is 34.1. The molecule has 0 rings (SSSR count). The van der Waals surface area contributed by atoms with Crippen LogP contribution in [0.2, 0.25) is 0 Å². The second kappa shape index (κ2) is 51.1. The molecule has 0 spiro atoms. The van der Waals surface area contributed by atoms with Crippen LogP contribution in [0.3, 0.4) is 0 Å². The average molecular weight is 1000 g/mol. The van der Waals surface area contributed by atoms with Gasteiger partial charge in [-0.3, -0.25) is 14.2 Å². The first-order valence-electron chi connectivity index (χ1n) is 28.3. The van der Waals surface area contributed by atoms with Gasteiger partial charge >= 0.3 is 11.9 Å². The highest BCUT2D eigenvalue weighted by atomic mass is 31.2. The summed E-state index contributed by atoms with van der Waals surface area (Å²) in [7, 11) is 1.15. The van der Waals surface area contributed by atoms with Gasteiger partial charge < -0.3 is 27.9 Å². The third-order valence-corrected chi connectivity index (χ3v) is 12.9. The molecular formula is C60H106NO8P. The topological polar surface area (TPSA) is 111 Å². The molecular weight excluding hydrogens is 894 g/mol. The number of ether oxygens (including phenoxy) is 2. The van der Waals surface area contributed by atoms with E-state index in [0.717, 1.165) is 96.3 Å². The van der Waals surface area contributed by atoms with Crippen molar-refractivity contribution < 1.29 is 42.1 Å². The van der Waals surface area contributed by atoms with E-state index in [1.807, 2.05) is 21.1 Å². The lowest BCUT2D eigenvalue weighted by atomic mass is 10.0. The predicted octanol–water partition coefficient (Wildman–Crippen LogP) is 16.8. The Balaban J connectivity index is 4.09. The number of carbonyl (C=O) groups is 2. The standard InChI is InChI=1S/C60H106NO8P/c1-6-8-10-12-14-16-18-20-22-23-24-25-26-27-28-29-30-31-32-33-34-35-36-37-39-41-43-45-47-49-51-53-60(63)69-58(57-68-70(64,65)67-55-54-61(3,4)5)56-66-59(62)52-50-48-46-44-42-40-38-21-19-17-15-13-11-9-7-2/h8-11,14-17,20-22,24-25,38,58H,6-7,12-13,18-19,23,26-37,39-57H2,1-5H3/b10-8-,11-9-,16-14-,17-15-,22-20-,25-24-,38-21-. The summed E-state index contributed by atoms with van der Waals surface area (Å²) in [6.07, 6.45) is 67.8. The normalized spacial score (nSPS) is 14.0. The molecule has 0 radical (unpaired) electrons. The van der Waals surface area contributed by atoms with Crippen LogP contribution in [-0.4, -0.2) is 70.0 Å². The quantitative estimate of drug-likeness (QED) is 0.0195. The minimum Gasteiger partial charge on any atom is -0.756 e. The largest absolute Gasteiger partial charge is 0.756 e. The molecule has 0 amide bonds. The van der Waals surface area contributed by atoms with Gasteiger partial charge in [0.05, 0.1) is 27.7 Å². The number of hydrogen-bond acceptors (Lipinski definition) is 8. The highest BCUT2D eigenvalue weighted by Crippen LogP contribution is 2.38. The van der Waals surface area contributed by atoms with Gasteiger partial charge in [0.15, 0.2) is 6.10 Å². The molecule has 70 heavy (non-hydrogen) atoms. The van der Waals surface area contributed by atoms with Crippen LogP contribution in [-0.2, 0) is 32.7 Å². The maximum absolute atomic E-state index is 12.8. The molecule has 0 aliphatic heterocycles. The molecule has 0 aliphatic carbocycles. The van der Waals surface area contributed by atoms with Gasteiger partial charge in [0.25, 0.3) is 7.82 Å². The lowest BCUT2D eigenvalue weighted by molar-refractivity contribution is -0.870. The smallest absolute Gasteiger partial charge is 0.306 e. The maximum Gasteiger partial charge on any atom is 0.306 e. The van der Waals surface area contributed by atoms with Crippen molar-refractivity contribution in [3.05, 3.63) is 85.1 Å². The van der Waals surface area contributed by atoms with E-state index in [9.17, 15) is 19.0 Å². The van der Waals surface area contributed by atoms with Gasteiger partial charge in [-0.2, -0.15) is 0 Å². The van der Waals surface area contributed by atoms with Crippen LogP contribution < -0.4 is 4.89 Å². The van der Waals surface area contributed by atoms with Crippen molar-refractivity contribution >= 4 is 19.8 Å². The third-order valence-electron chi connectivity index (χ3n) is 11.9. The number of phosphoric ester groups is 1. The Morgan fingerprint density at radius 3 is 1.14 bits per heavy atom. The minimum absolute atomic E-state index is 0.0362. The lowest BCUT2D eigenvalue weighted by Crippen LogP contribution is -2.37. The van der Waals surface area contributed by atoms with Crippen LogP contribution in [0.15, 0.2) is 85.1 Å². The van der Waals surface area contributed by atoms with Crippen molar-refractivity contribution in [2.45, 2.75) is 238 Å². The van der Waals surface area contributed by atoms with Gasteiger partial charge in [-0.25, -0.2) is 0 Å². The Kier molecular flexibility index (Phi) is 49.1. The van der Waals surface area contributed by atoms with Crippen molar-refractivity contribution in [3.8, 4) is 0 Å². The summed E-state index contributed by atoms with van der Waals surface area (Å²) in [6, 6.07) is 0. The zero-order valence-corrected chi connectivity index (χ0v) is 46.6. The monoisotopic (exact) mass is 1000 g/mol. The molecule has 10 heteroatoms. The summed E-state index contributed by atoms with van der Waals surface area (Å²) in [4.78, 5) is 37.8. The second-order valence-electron chi connectivity index (χ2n) is 19.9. The fourth-order valence-corrected chi connectivity index (χ4v) is 8.33. The number of unbranched alkanes of at least 4 members (excludes halogenated alkanes) is 23. The molecule has 0 bridgehead atoms. The van der Waals surface area contributed by atoms with Crippen molar-refractivity contribution in [2.24, 2.45) is 0 Å². The molecule has 2 atom stereocenters. The molecule has 2 unspecified atom stereocenters. The zero-order valence-electron chi connectivity index (χ0n) is 45.7. The number of likely N-dealkylation sites (N-methyl/N-ethyl adjacent to an activating group) is 1. The molecule has 0 N–H and O–H groups in total. The van der Waals surface area contributed by atoms with Gasteiger partial charge in [0, 0.05) is 12.8 Å². The number of rotatable bonds is 51. The van der Waals surface area contributed by atoms with Crippen molar-refractivity contribution in [2.75, 3.05) is 47.5 Å². The predicted molar refractivity (Wildman–Crippen MR) is 296 cm³/mol. The first kappa shape index (κ1) is 67.2. The Morgan fingerprint density at radius 2 is 0.771 bits per heavy atom. The number of allylic oxidation sites excluding steroid dienone is 14. The summed E-state index contributed by atoms with van der Waals surface area (Å²) in [5.74, 6) is -0.852. The number of esters is 2. The molecule has 0 saturated carbocycles. The highest BCUT2D eigenvalue weighted by Gasteiger charge is 2.21. The fraction of sp³-hybridized carbons (Fsp3) is 0.733. The summed E-state index contributed by atoms with van der Waals surface area (Å²) in [6.45, 7) is 4.00. The van der Waals surface area contributed by atoms with Crippen molar-refractivity contribution in [3.63, 3.8) is 0 Å². The Labute approximate surface area is 431 Å². The lowest BCUT2D eigenvalue weighted by Gasteiger charge is -2.28. The van der Waals surface area contributed by atoms with Gasteiger partial charge in [0.2, 0.25) is 0 Å². The summed E-state index contributed by atoms with van der Waals surface area (Å²) >= 11 is 0. The Bertz CT molecular complexity index is 1460. The van der Waals surface area contributed by atoms with Crippen LogP contribution in [0.25, 0.3) is 0 Å². The van der Waals surface area contributed by atoms with E-state index in [1.165, 1.54) is 96.3 Å². The molecule has 9 nitrogen and oxygen atoms in total. The molecule has 0 heterocycles. The van der Waals surface area contributed by atoms with E-state index in [-0.39, 0.29) is 26.1 Å². The molecule has 0 aliphatic rings. The van der Waals surface area contributed by atoms with Crippen LogP contribution in [0.5, 0.6) is 0 Å². The van der Waals surface area contributed by atoms with Gasteiger partial charge in [-0.1, -0.05) is 221 Å². The van der Waals surface area contributed by atoms with E-state index in [0.29, 0.717) is 23.9 Å². The zero-order chi connectivity index (χ0) is 51.3. The molecule has 0 saturated heterocycles. The van der Waals surface area contributed by atoms with E-state index >= 15 is 0 Å². The van der Waals surface area contributed by atoms with Gasteiger partial charge in [-0.05, 0) is 83.5 Å². The maximum atomic E-state index is 12.8. The number of carbonyl (C=O) groups excluding carboxylic acids is 2. The first-order chi connectivity index (χ1) is 34.0.